The number of aliphatic imine (C=N–C) groups is 1. The first kappa shape index (κ1) is 19.9. The van der Waals surface area contributed by atoms with E-state index in [2.05, 4.69) is 29.4 Å². The first-order valence-electron chi connectivity index (χ1n) is 7.40. The van der Waals surface area contributed by atoms with E-state index >= 15 is 0 Å². The molecule has 2 heterocycles. The van der Waals surface area contributed by atoms with Crippen LogP contribution in [0.15, 0.2) is 35.7 Å². The maximum Gasteiger partial charge on any atom is 0.194 e. The van der Waals surface area contributed by atoms with Crippen LogP contribution in [0.25, 0.3) is 0 Å². The minimum Gasteiger partial charge on any atom is -0.357 e. The van der Waals surface area contributed by atoms with Gasteiger partial charge in [0.1, 0.15) is 0 Å². The fraction of sp³-hybridized carbons (Fsp3) is 0.438. The monoisotopic (exact) mass is 449 g/mol. The van der Waals surface area contributed by atoms with E-state index in [1.165, 1.54) is 5.56 Å². The maximum absolute atomic E-state index is 6.05. The molecule has 0 saturated carbocycles. The van der Waals surface area contributed by atoms with E-state index in [1.807, 2.05) is 48.7 Å². The Morgan fingerprint density at radius 2 is 2.09 bits per heavy atom. The fourth-order valence-corrected chi connectivity index (χ4v) is 2.60. The molecular weight excluding hydrogens is 425 g/mol. The average Bonchev–Trinajstić information content (AvgIpc) is 3.00. The molecular formula is C16H25ClIN5. The quantitative estimate of drug-likeness (QED) is 0.432. The fourth-order valence-electron chi connectivity index (χ4n) is 2.33. The summed E-state index contributed by atoms with van der Waals surface area (Å²) in [7, 11) is 6.06. The number of hydrogen-bond donors (Lipinski definition) is 1. The number of halogens is 2. The van der Waals surface area contributed by atoms with Crippen molar-refractivity contribution < 1.29 is 0 Å². The Bertz CT molecular complexity index is 647. The summed E-state index contributed by atoms with van der Waals surface area (Å²) in [5.41, 5.74) is 2.35. The van der Waals surface area contributed by atoms with Crippen molar-refractivity contribution in [2.75, 3.05) is 13.6 Å². The lowest BCUT2D eigenvalue weighted by Gasteiger charge is -2.22. The second-order valence-electron chi connectivity index (χ2n) is 5.47. The second-order valence-corrected chi connectivity index (χ2v) is 5.91. The Morgan fingerprint density at radius 1 is 1.35 bits per heavy atom. The van der Waals surface area contributed by atoms with Gasteiger partial charge in [0, 0.05) is 52.0 Å². The van der Waals surface area contributed by atoms with Crippen molar-refractivity contribution in [3.8, 4) is 0 Å². The Labute approximate surface area is 160 Å². The zero-order chi connectivity index (χ0) is 16.1. The molecule has 0 amide bonds. The van der Waals surface area contributed by atoms with E-state index in [1.54, 1.807) is 0 Å². The molecule has 0 spiro atoms. The minimum absolute atomic E-state index is 0. The van der Waals surface area contributed by atoms with Gasteiger partial charge in [-0.2, -0.15) is 0 Å². The number of rotatable bonds is 5. The summed E-state index contributed by atoms with van der Waals surface area (Å²) in [5.74, 6) is 0.892. The van der Waals surface area contributed by atoms with E-state index in [9.17, 15) is 0 Å². The lowest BCUT2D eigenvalue weighted by atomic mass is 10.3. The molecule has 0 unspecified atom stereocenters. The molecule has 128 valence electrons. The summed E-state index contributed by atoms with van der Waals surface area (Å²) in [6.45, 7) is 4.34. The molecule has 23 heavy (non-hydrogen) atoms. The molecule has 0 bridgehead atoms. The lowest BCUT2D eigenvalue weighted by molar-refractivity contribution is 0.462. The van der Waals surface area contributed by atoms with Gasteiger partial charge in [0.15, 0.2) is 5.96 Å². The highest BCUT2D eigenvalue weighted by molar-refractivity contribution is 14.0. The minimum atomic E-state index is 0. The number of nitrogens with zero attached hydrogens (tertiary/aromatic N) is 4. The molecule has 0 aliphatic heterocycles. The normalized spacial score (nSPS) is 11.3. The van der Waals surface area contributed by atoms with Gasteiger partial charge in [-0.15, -0.1) is 24.0 Å². The number of nitrogens with one attached hydrogen (secondary N) is 1. The SMILES string of the molecule is CCNC(=NCc1ccn(C)c1)N(C)Cc1cc(Cl)cn1C.I. The summed E-state index contributed by atoms with van der Waals surface area (Å²) < 4.78 is 4.08. The highest BCUT2D eigenvalue weighted by atomic mass is 127. The molecule has 2 rings (SSSR count). The third-order valence-electron chi connectivity index (χ3n) is 3.47. The maximum atomic E-state index is 6.05. The molecule has 0 fully saturated rings. The van der Waals surface area contributed by atoms with Crippen molar-refractivity contribution in [2.45, 2.75) is 20.0 Å². The summed E-state index contributed by atoms with van der Waals surface area (Å²) in [6.07, 6.45) is 6.04. The number of aryl methyl sites for hydroxylation is 2. The average molecular weight is 450 g/mol. The van der Waals surface area contributed by atoms with E-state index in [-0.39, 0.29) is 24.0 Å². The van der Waals surface area contributed by atoms with Gasteiger partial charge < -0.3 is 19.4 Å². The number of aromatic nitrogens is 2. The summed E-state index contributed by atoms with van der Waals surface area (Å²) in [6, 6.07) is 4.07. The highest BCUT2D eigenvalue weighted by Crippen LogP contribution is 2.14. The highest BCUT2D eigenvalue weighted by Gasteiger charge is 2.09. The van der Waals surface area contributed by atoms with Gasteiger partial charge in [0.25, 0.3) is 0 Å². The van der Waals surface area contributed by atoms with Gasteiger partial charge in [-0.05, 0) is 24.6 Å². The Kier molecular flexibility index (Phi) is 7.98. The third-order valence-corrected chi connectivity index (χ3v) is 3.68. The van der Waals surface area contributed by atoms with Crippen molar-refractivity contribution in [3.05, 3.63) is 47.0 Å². The molecule has 7 heteroatoms. The van der Waals surface area contributed by atoms with Crippen molar-refractivity contribution in [1.82, 2.24) is 19.4 Å². The van der Waals surface area contributed by atoms with Crippen molar-refractivity contribution in [2.24, 2.45) is 19.1 Å². The molecule has 0 aromatic carbocycles. The molecule has 1 N–H and O–H groups in total. The largest absolute Gasteiger partial charge is 0.357 e. The standard InChI is InChI=1S/C16H24ClN5.HI/c1-5-18-16(19-9-13-6-7-20(2)10-13)22(4)12-15-8-14(17)11-21(15)3;/h6-8,10-11H,5,9,12H2,1-4H3,(H,18,19);1H. The zero-order valence-corrected chi connectivity index (χ0v) is 17.2. The Morgan fingerprint density at radius 3 is 2.61 bits per heavy atom. The van der Waals surface area contributed by atoms with E-state index in [0.717, 1.165) is 29.8 Å². The van der Waals surface area contributed by atoms with Crippen LogP contribution in [0.3, 0.4) is 0 Å². The molecule has 0 saturated heterocycles. The number of guanidine groups is 1. The van der Waals surface area contributed by atoms with Crippen LogP contribution in [0.4, 0.5) is 0 Å². The zero-order valence-electron chi connectivity index (χ0n) is 14.1. The van der Waals surface area contributed by atoms with E-state index in [0.29, 0.717) is 6.54 Å². The smallest absolute Gasteiger partial charge is 0.194 e. The van der Waals surface area contributed by atoms with Crippen LogP contribution in [0.5, 0.6) is 0 Å². The van der Waals surface area contributed by atoms with Gasteiger partial charge in [0.05, 0.1) is 18.1 Å². The third kappa shape index (κ3) is 5.76. The van der Waals surface area contributed by atoms with Crippen LogP contribution in [-0.2, 0) is 27.2 Å². The van der Waals surface area contributed by atoms with E-state index < -0.39 is 0 Å². The second kappa shape index (κ2) is 9.22. The molecule has 0 aliphatic rings. The van der Waals surface area contributed by atoms with Crippen molar-refractivity contribution in [1.29, 1.82) is 0 Å². The summed E-state index contributed by atoms with van der Waals surface area (Å²) >= 11 is 6.05. The first-order chi connectivity index (χ1) is 10.5. The van der Waals surface area contributed by atoms with Gasteiger partial charge in [-0.3, -0.25) is 0 Å². The van der Waals surface area contributed by atoms with Crippen LogP contribution in [0, 0.1) is 0 Å². The van der Waals surface area contributed by atoms with Crippen LogP contribution in [0.2, 0.25) is 5.02 Å². The summed E-state index contributed by atoms with van der Waals surface area (Å²) in [4.78, 5) is 6.81. The van der Waals surface area contributed by atoms with Crippen LogP contribution in [0.1, 0.15) is 18.2 Å². The van der Waals surface area contributed by atoms with Crippen LogP contribution < -0.4 is 5.32 Å². The summed E-state index contributed by atoms with van der Waals surface area (Å²) in [5, 5.41) is 4.09. The first-order valence-corrected chi connectivity index (χ1v) is 7.78. The molecule has 0 atom stereocenters. The Hall–Kier alpha value is -1.15. The van der Waals surface area contributed by atoms with Crippen molar-refractivity contribution >= 4 is 41.5 Å². The van der Waals surface area contributed by atoms with Gasteiger partial charge in [0.2, 0.25) is 0 Å². The predicted molar refractivity (Wildman–Crippen MR) is 108 cm³/mol. The van der Waals surface area contributed by atoms with Crippen molar-refractivity contribution in [3.63, 3.8) is 0 Å². The molecule has 0 radical (unpaired) electrons. The van der Waals surface area contributed by atoms with Gasteiger partial charge in [-0.1, -0.05) is 11.6 Å². The lowest BCUT2D eigenvalue weighted by Crippen LogP contribution is -2.38. The molecule has 2 aromatic heterocycles. The van der Waals surface area contributed by atoms with Crippen LogP contribution >= 0.6 is 35.6 Å². The Balaban J connectivity index is 0.00000264. The predicted octanol–water partition coefficient (Wildman–Crippen LogP) is 3.23. The van der Waals surface area contributed by atoms with Gasteiger partial charge >= 0.3 is 0 Å². The van der Waals surface area contributed by atoms with E-state index in [4.69, 9.17) is 16.6 Å². The molecule has 2 aromatic rings. The molecule has 0 aliphatic carbocycles. The molecule has 5 nitrogen and oxygen atoms in total. The number of hydrogen-bond acceptors (Lipinski definition) is 1. The van der Waals surface area contributed by atoms with Crippen LogP contribution in [-0.4, -0.2) is 33.6 Å². The topological polar surface area (TPSA) is 37.5 Å². The van der Waals surface area contributed by atoms with Gasteiger partial charge in [-0.25, -0.2) is 4.99 Å².